The van der Waals surface area contributed by atoms with Gasteiger partial charge in [0.2, 0.25) is 0 Å². The van der Waals surface area contributed by atoms with Gasteiger partial charge in [0.05, 0.1) is 34.3 Å². The summed E-state index contributed by atoms with van der Waals surface area (Å²) in [5, 5.41) is 19.4. The number of anilines is 3. The maximum atomic E-state index is 11.9. The Morgan fingerprint density at radius 1 is 1.23 bits per heavy atom. The van der Waals surface area contributed by atoms with Crippen molar-refractivity contribution >= 4 is 35.2 Å². The number of nitrogens with zero attached hydrogens (tertiary/aromatic N) is 1. The SMILES string of the molecule is CC1Nc2c(cc(C(=O)O)c3c2NC2(C=c4ccccc4=C2)CC3)N1C. The Hall–Kier alpha value is -2.95. The number of aromatic carboxylic acids is 1. The zero-order valence-corrected chi connectivity index (χ0v) is 14.8. The molecule has 1 spiro atoms. The minimum atomic E-state index is -0.863. The Balaban J connectivity index is 1.70. The Morgan fingerprint density at radius 3 is 2.58 bits per heavy atom. The molecule has 1 unspecified atom stereocenters. The van der Waals surface area contributed by atoms with Crippen LogP contribution < -0.4 is 26.0 Å². The summed E-state index contributed by atoms with van der Waals surface area (Å²) in [5.41, 5.74) is 3.93. The van der Waals surface area contributed by atoms with Crippen molar-refractivity contribution in [3.63, 3.8) is 0 Å². The van der Waals surface area contributed by atoms with Gasteiger partial charge in [-0.15, -0.1) is 0 Å². The number of hydrogen-bond donors (Lipinski definition) is 3. The largest absolute Gasteiger partial charge is 0.478 e. The molecule has 2 aromatic rings. The van der Waals surface area contributed by atoms with Crippen LogP contribution >= 0.6 is 0 Å². The van der Waals surface area contributed by atoms with E-state index in [1.54, 1.807) is 0 Å². The van der Waals surface area contributed by atoms with E-state index < -0.39 is 5.97 Å². The minimum absolute atomic E-state index is 0.131. The number of carbonyl (C=O) groups is 1. The zero-order valence-electron chi connectivity index (χ0n) is 14.8. The highest BCUT2D eigenvalue weighted by atomic mass is 16.4. The van der Waals surface area contributed by atoms with Crippen molar-refractivity contribution in [2.75, 3.05) is 22.6 Å². The molecule has 3 N–H and O–H groups in total. The molecule has 132 valence electrons. The zero-order chi connectivity index (χ0) is 18.1. The van der Waals surface area contributed by atoms with Gasteiger partial charge in [0.15, 0.2) is 0 Å². The highest BCUT2D eigenvalue weighted by Crippen LogP contribution is 2.48. The molecule has 0 saturated carbocycles. The lowest BCUT2D eigenvalue weighted by atomic mass is 9.84. The normalized spacial score (nSPS) is 21.0. The number of fused-ring (bicyclic) bond motifs is 4. The highest BCUT2D eigenvalue weighted by Gasteiger charge is 2.38. The van der Waals surface area contributed by atoms with Crippen molar-refractivity contribution in [1.29, 1.82) is 0 Å². The Bertz CT molecular complexity index is 1040. The van der Waals surface area contributed by atoms with E-state index in [4.69, 9.17) is 0 Å². The summed E-state index contributed by atoms with van der Waals surface area (Å²) in [5.74, 6) is -0.863. The van der Waals surface area contributed by atoms with E-state index in [0.717, 1.165) is 35.5 Å². The summed E-state index contributed by atoms with van der Waals surface area (Å²) in [6.07, 6.45) is 6.25. The van der Waals surface area contributed by atoms with Crippen LogP contribution in [0.2, 0.25) is 0 Å². The molecule has 2 aliphatic heterocycles. The second-order valence-corrected chi connectivity index (χ2v) is 7.49. The lowest BCUT2D eigenvalue weighted by molar-refractivity contribution is 0.0695. The molecule has 5 rings (SSSR count). The molecule has 0 amide bonds. The fraction of sp³-hybridized carbons (Fsp3) is 0.286. The molecule has 0 saturated heterocycles. The van der Waals surface area contributed by atoms with Crippen LogP contribution in [0.15, 0.2) is 30.3 Å². The van der Waals surface area contributed by atoms with Gasteiger partial charge < -0.3 is 20.6 Å². The van der Waals surface area contributed by atoms with Crippen LogP contribution in [-0.2, 0) is 6.42 Å². The molecule has 1 aliphatic carbocycles. The maximum Gasteiger partial charge on any atom is 0.336 e. The summed E-state index contributed by atoms with van der Waals surface area (Å²) < 4.78 is 0. The summed E-state index contributed by atoms with van der Waals surface area (Å²) in [6.45, 7) is 2.08. The van der Waals surface area contributed by atoms with Crippen molar-refractivity contribution in [2.24, 2.45) is 0 Å². The smallest absolute Gasteiger partial charge is 0.336 e. The Morgan fingerprint density at radius 2 is 1.92 bits per heavy atom. The van der Waals surface area contributed by atoms with Crippen LogP contribution in [0.1, 0.15) is 29.3 Å². The van der Waals surface area contributed by atoms with Crippen molar-refractivity contribution in [3.05, 3.63) is 51.9 Å². The van der Waals surface area contributed by atoms with Crippen molar-refractivity contribution in [1.82, 2.24) is 0 Å². The van der Waals surface area contributed by atoms with Gasteiger partial charge >= 0.3 is 5.97 Å². The number of carboxylic acids is 1. The minimum Gasteiger partial charge on any atom is -0.478 e. The van der Waals surface area contributed by atoms with Gasteiger partial charge in [0.1, 0.15) is 0 Å². The number of benzene rings is 2. The van der Waals surface area contributed by atoms with Gasteiger partial charge in [-0.1, -0.05) is 24.3 Å². The molecule has 26 heavy (non-hydrogen) atoms. The number of hydrogen-bond acceptors (Lipinski definition) is 4. The Kier molecular flexibility index (Phi) is 2.97. The first-order valence-corrected chi connectivity index (χ1v) is 8.99. The first-order valence-electron chi connectivity index (χ1n) is 8.99. The maximum absolute atomic E-state index is 11.9. The van der Waals surface area contributed by atoms with Crippen LogP contribution in [0, 0.1) is 0 Å². The van der Waals surface area contributed by atoms with Crippen LogP contribution in [-0.4, -0.2) is 29.8 Å². The van der Waals surface area contributed by atoms with Gasteiger partial charge in [-0.05, 0) is 54.0 Å². The summed E-state index contributed by atoms with van der Waals surface area (Å²) in [7, 11) is 1.99. The Labute approximate surface area is 151 Å². The van der Waals surface area contributed by atoms with Crippen molar-refractivity contribution in [3.8, 4) is 0 Å². The monoisotopic (exact) mass is 347 g/mol. The molecule has 0 bridgehead atoms. The van der Waals surface area contributed by atoms with E-state index in [2.05, 4.69) is 58.9 Å². The standard InChI is InChI=1S/C21H21N3O2/c1-12-22-19-17(24(12)2)9-16(20(25)26)15-7-8-21(23-18(15)19)10-13-5-3-4-6-14(13)11-21/h3-6,9-12,22-23H,7-8H2,1-2H3,(H,25,26). The fourth-order valence-electron chi connectivity index (χ4n) is 4.45. The first-order chi connectivity index (χ1) is 12.5. The van der Waals surface area contributed by atoms with Crippen LogP contribution in [0.4, 0.5) is 17.1 Å². The molecule has 2 heterocycles. The van der Waals surface area contributed by atoms with Crippen molar-refractivity contribution < 1.29 is 9.90 Å². The third-order valence-electron chi connectivity index (χ3n) is 5.93. The predicted octanol–water partition coefficient (Wildman–Crippen LogP) is 1.96. The third kappa shape index (κ3) is 2.00. The summed E-state index contributed by atoms with van der Waals surface area (Å²) in [4.78, 5) is 14.0. The highest BCUT2D eigenvalue weighted by molar-refractivity contribution is 6.01. The van der Waals surface area contributed by atoms with Gasteiger partial charge in [-0.25, -0.2) is 4.79 Å². The molecular weight excluding hydrogens is 326 g/mol. The second-order valence-electron chi connectivity index (χ2n) is 7.49. The van der Waals surface area contributed by atoms with Gasteiger partial charge in [0.25, 0.3) is 0 Å². The lowest BCUT2D eigenvalue weighted by Gasteiger charge is -2.36. The van der Waals surface area contributed by atoms with Crippen molar-refractivity contribution in [2.45, 2.75) is 31.5 Å². The van der Waals surface area contributed by atoms with E-state index in [-0.39, 0.29) is 11.7 Å². The average molecular weight is 347 g/mol. The predicted molar refractivity (Wildman–Crippen MR) is 104 cm³/mol. The number of rotatable bonds is 1. The van der Waals surface area contributed by atoms with Crippen LogP contribution in [0.3, 0.4) is 0 Å². The topological polar surface area (TPSA) is 64.6 Å². The number of carboxylic acid groups (broad SMARTS) is 1. The lowest BCUT2D eigenvalue weighted by Crippen LogP contribution is -2.37. The van der Waals surface area contributed by atoms with Crippen LogP contribution in [0.5, 0.6) is 0 Å². The van der Waals surface area contributed by atoms with E-state index in [0.29, 0.717) is 5.56 Å². The van der Waals surface area contributed by atoms with Crippen LogP contribution in [0.25, 0.3) is 12.2 Å². The molecule has 0 radical (unpaired) electrons. The van der Waals surface area contributed by atoms with E-state index in [9.17, 15) is 9.90 Å². The average Bonchev–Trinajstić information content (AvgIpc) is 3.11. The second kappa shape index (κ2) is 5.04. The number of nitrogens with one attached hydrogen (secondary N) is 2. The first kappa shape index (κ1) is 15.3. The van der Waals surface area contributed by atoms with E-state index in [1.807, 2.05) is 13.1 Å². The molecule has 1 atom stereocenters. The van der Waals surface area contributed by atoms with E-state index >= 15 is 0 Å². The quantitative estimate of drug-likeness (QED) is 0.736. The van der Waals surface area contributed by atoms with E-state index in [1.165, 1.54) is 10.4 Å². The molecule has 5 nitrogen and oxygen atoms in total. The van der Waals surface area contributed by atoms with Gasteiger partial charge in [-0.2, -0.15) is 0 Å². The summed E-state index contributed by atoms with van der Waals surface area (Å²) in [6, 6.07) is 10.2. The molecule has 5 heteroatoms. The third-order valence-corrected chi connectivity index (χ3v) is 5.93. The molecule has 2 aromatic carbocycles. The molecule has 0 aromatic heterocycles. The molecule has 3 aliphatic rings. The van der Waals surface area contributed by atoms with Gasteiger partial charge in [-0.3, -0.25) is 0 Å². The van der Waals surface area contributed by atoms with Gasteiger partial charge in [0, 0.05) is 7.05 Å². The molecule has 0 fully saturated rings. The summed E-state index contributed by atoms with van der Waals surface area (Å²) >= 11 is 0. The fourth-order valence-corrected chi connectivity index (χ4v) is 4.45. The molecular formula is C21H21N3O2.